The number of aliphatic hydroxyl groups is 1. The Labute approximate surface area is 167 Å². The predicted octanol–water partition coefficient (Wildman–Crippen LogP) is 2.00. The number of hydrogen-bond acceptors (Lipinski definition) is 5. The normalized spacial score (nSPS) is 22.4. The molecule has 3 N–H and O–H groups in total. The lowest BCUT2D eigenvalue weighted by Gasteiger charge is -2.20. The highest BCUT2D eigenvalue weighted by atomic mass is 35.5. The Morgan fingerprint density at radius 1 is 1.25 bits per heavy atom. The van der Waals surface area contributed by atoms with Gasteiger partial charge in [0.05, 0.1) is 21.6 Å². The van der Waals surface area contributed by atoms with Gasteiger partial charge in [0.25, 0.3) is 5.91 Å². The van der Waals surface area contributed by atoms with Crippen LogP contribution in [0.3, 0.4) is 0 Å². The number of hydrogen-bond donors (Lipinski definition) is 3. The van der Waals surface area contributed by atoms with Gasteiger partial charge in [-0.3, -0.25) is 4.79 Å². The number of benzene rings is 1. The number of aromatic amines is 1. The van der Waals surface area contributed by atoms with Gasteiger partial charge in [-0.05, 0) is 49.7 Å². The van der Waals surface area contributed by atoms with Gasteiger partial charge in [0.15, 0.2) is 6.23 Å². The summed E-state index contributed by atoms with van der Waals surface area (Å²) in [5, 5.41) is 13.4. The molecule has 0 spiro atoms. The van der Waals surface area contributed by atoms with Crippen molar-refractivity contribution >= 4 is 34.1 Å². The van der Waals surface area contributed by atoms with E-state index in [0.717, 1.165) is 37.3 Å². The first-order valence-electron chi connectivity index (χ1n) is 9.65. The molecular formula is C20H22ClN5O2. The summed E-state index contributed by atoms with van der Waals surface area (Å²) in [6.07, 6.45) is 4.87. The van der Waals surface area contributed by atoms with E-state index in [1.807, 2.05) is 17.0 Å². The third-order valence-corrected chi connectivity index (χ3v) is 6.07. The molecule has 0 radical (unpaired) electrons. The quantitative estimate of drug-likeness (QED) is 0.732. The molecule has 1 unspecified atom stereocenters. The van der Waals surface area contributed by atoms with E-state index in [1.165, 1.54) is 12.8 Å². The van der Waals surface area contributed by atoms with Crippen molar-refractivity contribution < 1.29 is 9.90 Å². The summed E-state index contributed by atoms with van der Waals surface area (Å²) >= 11 is 6.24. The molecule has 0 bridgehead atoms. The molecule has 1 aromatic heterocycles. The fourth-order valence-corrected chi connectivity index (χ4v) is 4.47. The van der Waals surface area contributed by atoms with Crippen LogP contribution in [-0.4, -0.2) is 63.2 Å². The van der Waals surface area contributed by atoms with E-state index in [1.54, 1.807) is 12.3 Å². The van der Waals surface area contributed by atoms with Crippen LogP contribution in [-0.2, 0) is 6.54 Å². The maximum absolute atomic E-state index is 12.8. The van der Waals surface area contributed by atoms with E-state index in [4.69, 9.17) is 11.6 Å². The topological polar surface area (TPSA) is 84.5 Å². The predicted molar refractivity (Wildman–Crippen MR) is 108 cm³/mol. The van der Waals surface area contributed by atoms with Crippen LogP contribution in [0.15, 0.2) is 29.4 Å². The lowest BCUT2D eigenvalue weighted by atomic mass is 10.1. The van der Waals surface area contributed by atoms with Gasteiger partial charge in [-0.15, -0.1) is 0 Å². The number of aromatic nitrogens is 2. The molecule has 0 aliphatic carbocycles. The minimum Gasteiger partial charge on any atom is -0.369 e. The molecule has 4 heterocycles. The standard InChI is InChI=1S/C20H22ClN5O2/c21-14-3-4-22-19(27)17(14)18-23-15-9-12-11-26(8-7-25-5-1-2-6-25)20(28)13(12)10-16(15)24-18/h3-4,9-10,19,22,27H,1-2,5-8,11H2,(H,23,24). The summed E-state index contributed by atoms with van der Waals surface area (Å²) < 4.78 is 0. The lowest BCUT2D eigenvalue weighted by Crippen LogP contribution is -2.33. The molecule has 3 aliphatic heterocycles. The zero-order chi connectivity index (χ0) is 19.3. The maximum Gasteiger partial charge on any atom is 0.254 e. The van der Waals surface area contributed by atoms with E-state index in [9.17, 15) is 9.90 Å². The van der Waals surface area contributed by atoms with Crippen molar-refractivity contribution in [3.05, 3.63) is 46.4 Å². The van der Waals surface area contributed by atoms with Gasteiger partial charge in [0.2, 0.25) is 0 Å². The van der Waals surface area contributed by atoms with Crippen molar-refractivity contribution in [2.75, 3.05) is 26.2 Å². The maximum atomic E-state index is 12.8. The van der Waals surface area contributed by atoms with E-state index >= 15 is 0 Å². The highest BCUT2D eigenvalue weighted by molar-refractivity contribution is 6.34. The van der Waals surface area contributed by atoms with Crippen LogP contribution in [0, 0.1) is 0 Å². The van der Waals surface area contributed by atoms with Crippen LogP contribution in [0.2, 0.25) is 0 Å². The summed E-state index contributed by atoms with van der Waals surface area (Å²) in [6, 6.07) is 3.83. The van der Waals surface area contributed by atoms with Crippen molar-refractivity contribution in [1.29, 1.82) is 0 Å². The molecular weight excluding hydrogens is 378 g/mol. The number of aliphatic hydroxyl groups excluding tert-OH is 1. The van der Waals surface area contributed by atoms with Crippen molar-refractivity contribution in [1.82, 2.24) is 25.1 Å². The highest BCUT2D eigenvalue weighted by Gasteiger charge is 2.29. The molecule has 1 aromatic carbocycles. The fourth-order valence-electron chi connectivity index (χ4n) is 4.21. The van der Waals surface area contributed by atoms with E-state index in [-0.39, 0.29) is 5.91 Å². The molecule has 5 rings (SSSR count). The Morgan fingerprint density at radius 2 is 2.07 bits per heavy atom. The first-order valence-corrected chi connectivity index (χ1v) is 10.0. The highest BCUT2D eigenvalue weighted by Crippen LogP contribution is 2.31. The number of dihydropyridines is 1. The molecule has 28 heavy (non-hydrogen) atoms. The van der Waals surface area contributed by atoms with Crippen molar-refractivity contribution in [3.8, 4) is 0 Å². The van der Waals surface area contributed by atoms with E-state index in [2.05, 4.69) is 20.2 Å². The number of halogens is 1. The average molecular weight is 400 g/mol. The molecule has 0 saturated carbocycles. The van der Waals surface area contributed by atoms with E-state index in [0.29, 0.717) is 34.1 Å². The van der Waals surface area contributed by atoms with Crippen molar-refractivity contribution in [2.24, 2.45) is 0 Å². The number of nitrogens with one attached hydrogen (secondary N) is 2. The number of fused-ring (bicyclic) bond motifs is 2. The first-order chi connectivity index (χ1) is 13.6. The van der Waals surface area contributed by atoms with Crippen molar-refractivity contribution in [3.63, 3.8) is 0 Å². The Morgan fingerprint density at radius 3 is 2.86 bits per heavy atom. The number of likely N-dealkylation sites (tertiary alicyclic amines) is 1. The van der Waals surface area contributed by atoms with Gasteiger partial charge in [0.1, 0.15) is 5.82 Å². The summed E-state index contributed by atoms with van der Waals surface area (Å²) in [6.45, 7) is 4.60. The number of imidazole rings is 1. The monoisotopic (exact) mass is 399 g/mol. The number of amides is 1. The second-order valence-electron chi connectivity index (χ2n) is 7.55. The van der Waals surface area contributed by atoms with Crippen LogP contribution in [0.4, 0.5) is 0 Å². The molecule has 3 aliphatic rings. The molecule has 146 valence electrons. The Kier molecular flexibility index (Phi) is 4.38. The van der Waals surface area contributed by atoms with Gasteiger partial charge >= 0.3 is 0 Å². The lowest BCUT2D eigenvalue weighted by molar-refractivity contribution is 0.0763. The summed E-state index contributed by atoms with van der Waals surface area (Å²) in [5.41, 5.74) is 3.76. The number of rotatable bonds is 4. The zero-order valence-corrected chi connectivity index (χ0v) is 16.2. The minimum atomic E-state index is -0.924. The summed E-state index contributed by atoms with van der Waals surface area (Å²) in [5.74, 6) is 0.576. The molecule has 1 fully saturated rings. The number of allylic oxidation sites excluding steroid dienone is 2. The zero-order valence-electron chi connectivity index (χ0n) is 15.4. The van der Waals surface area contributed by atoms with Crippen LogP contribution in [0.5, 0.6) is 0 Å². The second-order valence-corrected chi connectivity index (χ2v) is 7.96. The Balaban J connectivity index is 1.40. The fraction of sp³-hybridized carbons (Fsp3) is 0.400. The van der Waals surface area contributed by atoms with E-state index < -0.39 is 6.23 Å². The molecule has 2 aromatic rings. The smallest absolute Gasteiger partial charge is 0.254 e. The molecule has 8 heteroatoms. The van der Waals surface area contributed by atoms with Gasteiger partial charge in [-0.2, -0.15) is 0 Å². The largest absolute Gasteiger partial charge is 0.369 e. The first kappa shape index (κ1) is 17.7. The average Bonchev–Trinajstić information content (AvgIpc) is 3.38. The molecule has 7 nitrogen and oxygen atoms in total. The van der Waals surface area contributed by atoms with Crippen LogP contribution >= 0.6 is 11.6 Å². The third kappa shape index (κ3) is 2.99. The van der Waals surface area contributed by atoms with Gasteiger partial charge in [-0.25, -0.2) is 4.98 Å². The number of carbonyl (C=O) groups is 1. The van der Waals surface area contributed by atoms with Gasteiger partial charge in [-0.1, -0.05) is 11.6 Å². The Bertz CT molecular complexity index is 1010. The van der Waals surface area contributed by atoms with Gasteiger partial charge in [0, 0.05) is 31.4 Å². The molecule has 1 amide bonds. The molecule has 1 atom stereocenters. The van der Waals surface area contributed by atoms with Crippen LogP contribution in [0.1, 0.15) is 34.6 Å². The number of H-pyrrole nitrogens is 1. The van der Waals surface area contributed by atoms with Gasteiger partial charge < -0.3 is 25.2 Å². The third-order valence-electron chi connectivity index (χ3n) is 5.74. The SMILES string of the molecule is O=C1c2cc3nc(C4=C(Cl)C=CNC4O)[nH]c3cc2CN1CCN1CCCC1. The van der Waals surface area contributed by atoms with Crippen molar-refractivity contribution in [2.45, 2.75) is 25.6 Å². The van der Waals surface area contributed by atoms with Crippen LogP contribution in [0.25, 0.3) is 16.6 Å². The minimum absolute atomic E-state index is 0.0696. The van der Waals surface area contributed by atoms with Crippen LogP contribution < -0.4 is 5.32 Å². The molecule has 1 saturated heterocycles. The Hall–Kier alpha value is -2.35. The second kappa shape index (κ2) is 6.92. The summed E-state index contributed by atoms with van der Waals surface area (Å²) in [4.78, 5) is 25.0. The number of nitrogens with zero attached hydrogens (tertiary/aromatic N) is 3. The number of carbonyl (C=O) groups excluding carboxylic acids is 1. The summed E-state index contributed by atoms with van der Waals surface area (Å²) in [7, 11) is 0.